The summed E-state index contributed by atoms with van der Waals surface area (Å²) in [4.78, 5) is 23.4. The maximum atomic E-state index is 11.9. The molecule has 0 spiro atoms. The quantitative estimate of drug-likeness (QED) is 0.788. The highest BCUT2D eigenvalue weighted by atomic mass is 35.5. The standard InChI is InChI=1S/C17H18ClN3O2/c1-11-3-6-14(9-15(11)18)21-16(22)10-20-13-7-4-12(5-8-13)17(23)19-2/h3-9,20H,10H2,1-2H3,(H,19,23)(H,21,22). The van der Waals surface area contributed by atoms with E-state index in [9.17, 15) is 9.59 Å². The molecule has 0 saturated heterocycles. The summed E-state index contributed by atoms with van der Waals surface area (Å²) in [5, 5.41) is 8.93. The van der Waals surface area contributed by atoms with Crippen molar-refractivity contribution in [1.29, 1.82) is 0 Å². The molecule has 6 heteroatoms. The Morgan fingerprint density at radius 1 is 1.04 bits per heavy atom. The van der Waals surface area contributed by atoms with Crippen LogP contribution < -0.4 is 16.0 Å². The molecular formula is C17H18ClN3O2. The molecule has 0 saturated carbocycles. The maximum absolute atomic E-state index is 11.9. The summed E-state index contributed by atoms with van der Waals surface area (Å²) < 4.78 is 0. The summed E-state index contributed by atoms with van der Waals surface area (Å²) in [7, 11) is 1.58. The van der Waals surface area contributed by atoms with Gasteiger partial charge in [-0.1, -0.05) is 17.7 Å². The Kier molecular flexibility index (Phi) is 5.60. The Hall–Kier alpha value is -2.53. The number of benzene rings is 2. The molecule has 0 aliphatic heterocycles. The molecule has 2 aromatic rings. The number of halogens is 1. The first-order valence-electron chi connectivity index (χ1n) is 7.11. The summed E-state index contributed by atoms with van der Waals surface area (Å²) in [5.41, 5.74) is 2.94. The number of hydrogen-bond acceptors (Lipinski definition) is 3. The fraction of sp³-hybridized carbons (Fsp3) is 0.176. The van der Waals surface area contributed by atoms with E-state index in [2.05, 4.69) is 16.0 Å². The van der Waals surface area contributed by atoms with Gasteiger partial charge in [0.05, 0.1) is 6.54 Å². The van der Waals surface area contributed by atoms with E-state index < -0.39 is 0 Å². The highest BCUT2D eigenvalue weighted by Gasteiger charge is 2.05. The van der Waals surface area contributed by atoms with Crippen molar-refractivity contribution in [3.05, 3.63) is 58.6 Å². The molecule has 0 aliphatic rings. The molecule has 120 valence electrons. The molecule has 2 amide bonds. The van der Waals surface area contributed by atoms with Crippen LogP contribution in [-0.2, 0) is 4.79 Å². The summed E-state index contributed by atoms with van der Waals surface area (Å²) in [6.07, 6.45) is 0. The zero-order chi connectivity index (χ0) is 16.8. The Labute approximate surface area is 140 Å². The van der Waals surface area contributed by atoms with E-state index in [1.807, 2.05) is 13.0 Å². The Morgan fingerprint density at radius 2 is 1.70 bits per heavy atom. The summed E-state index contributed by atoms with van der Waals surface area (Å²) >= 11 is 6.02. The summed E-state index contributed by atoms with van der Waals surface area (Å²) in [6, 6.07) is 12.3. The van der Waals surface area contributed by atoms with Crippen LogP contribution in [0.4, 0.5) is 11.4 Å². The van der Waals surface area contributed by atoms with Gasteiger partial charge in [0.15, 0.2) is 0 Å². The summed E-state index contributed by atoms with van der Waals surface area (Å²) in [5.74, 6) is -0.328. The molecule has 0 aromatic heterocycles. The highest BCUT2D eigenvalue weighted by Crippen LogP contribution is 2.19. The van der Waals surface area contributed by atoms with Crippen molar-refractivity contribution in [1.82, 2.24) is 5.32 Å². The van der Waals surface area contributed by atoms with Gasteiger partial charge in [0.25, 0.3) is 5.91 Å². The first kappa shape index (κ1) is 16.8. The molecule has 0 fully saturated rings. The Bertz CT molecular complexity index is 714. The van der Waals surface area contributed by atoms with Crippen LogP contribution in [0, 0.1) is 6.92 Å². The fourth-order valence-corrected chi connectivity index (χ4v) is 2.12. The van der Waals surface area contributed by atoms with Crippen LogP contribution >= 0.6 is 11.6 Å². The van der Waals surface area contributed by atoms with Gasteiger partial charge in [-0.05, 0) is 48.9 Å². The van der Waals surface area contributed by atoms with Crippen LogP contribution in [0.1, 0.15) is 15.9 Å². The van der Waals surface area contributed by atoms with Crippen LogP contribution in [0.15, 0.2) is 42.5 Å². The normalized spacial score (nSPS) is 10.0. The van der Waals surface area contributed by atoms with Crippen LogP contribution in [0.2, 0.25) is 5.02 Å². The number of carbonyl (C=O) groups is 2. The molecule has 2 rings (SSSR count). The van der Waals surface area contributed by atoms with Crippen molar-refractivity contribution in [2.24, 2.45) is 0 Å². The molecule has 0 radical (unpaired) electrons. The van der Waals surface area contributed by atoms with Gasteiger partial charge >= 0.3 is 0 Å². The van der Waals surface area contributed by atoms with Crippen molar-refractivity contribution in [3.8, 4) is 0 Å². The lowest BCUT2D eigenvalue weighted by Gasteiger charge is -2.09. The number of nitrogens with one attached hydrogen (secondary N) is 3. The predicted molar refractivity (Wildman–Crippen MR) is 93.1 cm³/mol. The number of hydrogen-bond donors (Lipinski definition) is 3. The molecule has 23 heavy (non-hydrogen) atoms. The minimum atomic E-state index is -0.180. The number of rotatable bonds is 5. The van der Waals surface area contributed by atoms with Crippen LogP contribution in [0.25, 0.3) is 0 Å². The molecule has 0 bridgehead atoms. The average Bonchev–Trinajstić information content (AvgIpc) is 2.56. The second-order valence-electron chi connectivity index (χ2n) is 5.02. The monoisotopic (exact) mass is 331 g/mol. The number of anilines is 2. The van der Waals surface area contributed by atoms with Gasteiger partial charge in [-0.25, -0.2) is 0 Å². The van der Waals surface area contributed by atoms with Crippen LogP contribution in [-0.4, -0.2) is 25.4 Å². The third-order valence-electron chi connectivity index (χ3n) is 3.28. The number of amides is 2. The van der Waals surface area contributed by atoms with Crippen molar-refractivity contribution < 1.29 is 9.59 Å². The van der Waals surface area contributed by atoms with Gasteiger partial charge in [0.2, 0.25) is 5.91 Å². The lowest BCUT2D eigenvalue weighted by atomic mass is 10.2. The van der Waals surface area contributed by atoms with E-state index in [0.717, 1.165) is 11.3 Å². The van der Waals surface area contributed by atoms with Gasteiger partial charge in [0.1, 0.15) is 0 Å². The number of carbonyl (C=O) groups excluding carboxylic acids is 2. The van der Waals surface area contributed by atoms with E-state index in [-0.39, 0.29) is 18.4 Å². The minimum Gasteiger partial charge on any atom is -0.376 e. The summed E-state index contributed by atoms with van der Waals surface area (Å²) in [6.45, 7) is 2.02. The molecule has 0 heterocycles. The fourth-order valence-electron chi connectivity index (χ4n) is 1.94. The van der Waals surface area contributed by atoms with E-state index in [1.54, 1.807) is 43.4 Å². The molecule has 0 unspecified atom stereocenters. The third kappa shape index (κ3) is 4.72. The van der Waals surface area contributed by atoms with Crippen molar-refractivity contribution in [2.75, 3.05) is 24.2 Å². The van der Waals surface area contributed by atoms with E-state index in [4.69, 9.17) is 11.6 Å². The second-order valence-corrected chi connectivity index (χ2v) is 5.43. The average molecular weight is 332 g/mol. The van der Waals surface area contributed by atoms with Crippen molar-refractivity contribution in [3.63, 3.8) is 0 Å². The second kappa shape index (κ2) is 7.65. The number of aryl methyl sites for hydroxylation is 1. The Morgan fingerprint density at radius 3 is 2.30 bits per heavy atom. The van der Waals surface area contributed by atoms with E-state index >= 15 is 0 Å². The SMILES string of the molecule is CNC(=O)c1ccc(NCC(=O)Nc2ccc(C)c(Cl)c2)cc1. The minimum absolute atomic E-state index is 0.116. The zero-order valence-corrected chi connectivity index (χ0v) is 13.7. The third-order valence-corrected chi connectivity index (χ3v) is 3.69. The van der Waals surface area contributed by atoms with Gasteiger partial charge in [-0.2, -0.15) is 0 Å². The zero-order valence-electron chi connectivity index (χ0n) is 12.9. The van der Waals surface area contributed by atoms with Gasteiger partial charge < -0.3 is 16.0 Å². The van der Waals surface area contributed by atoms with Gasteiger partial charge in [-0.15, -0.1) is 0 Å². The lowest BCUT2D eigenvalue weighted by molar-refractivity contribution is -0.114. The molecule has 0 aliphatic carbocycles. The van der Waals surface area contributed by atoms with Gasteiger partial charge in [-0.3, -0.25) is 9.59 Å². The topological polar surface area (TPSA) is 70.2 Å². The molecule has 3 N–H and O–H groups in total. The van der Waals surface area contributed by atoms with Gasteiger partial charge in [0, 0.05) is 29.0 Å². The first-order chi connectivity index (χ1) is 11.0. The molecule has 0 atom stereocenters. The predicted octanol–water partition coefficient (Wildman–Crippen LogP) is 3.06. The van der Waals surface area contributed by atoms with E-state index in [0.29, 0.717) is 16.3 Å². The maximum Gasteiger partial charge on any atom is 0.251 e. The lowest BCUT2D eigenvalue weighted by Crippen LogP contribution is -2.22. The van der Waals surface area contributed by atoms with Crippen molar-refractivity contribution >= 4 is 34.8 Å². The molecular weight excluding hydrogens is 314 g/mol. The van der Waals surface area contributed by atoms with Crippen molar-refractivity contribution in [2.45, 2.75) is 6.92 Å². The molecule has 2 aromatic carbocycles. The van der Waals surface area contributed by atoms with Crippen LogP contribution in [0.5, 0.6) is 0 Å². The Balaban J connectivity index is 1.88. The largest absolute Gasteiger partial charge is 0.376 e. The van der Waals surface area contributed by atoms with Crippen LogP contribution in [0.3, 0.4) is 0 Å². The highest BCUT2D eigenvalue weighted by molar-refractivity contribution is 6.31. The molecule has 5 nitrogen and oxygen atoms in total. The smallest absolute Gasteiger partial charge is 0.251 e. The first-order valence-corrected chi connectivity index (χ1v) is 7.49. The van der Waals surface area contributed by atoms with E-state index in [1.165, 1.54) is 0 Å².